The van der Waals surface area contributed by atoms with Gasteiger partial charge in [0.15, 0.2) is 0 Å². The Bertz CT molecular complexity index is 0. The minimum atomic E-state index is 0. The molecule has 0 N–H and O–H groups in total. The van der Waals surface area contributed by atoms with E-state index in [1.54, 1.807) is 0 Å². The Hall–Kier alpha value is 9.22. The molecule has 10 heteroatoms. The first kappa shape index (κ1) is 75.1. The Morgan fingerprint density at radius 1 is 0.100 bits per heavy atom. The average molecular weight is 2070 g/mol. The fraction of sp³-hybridized carbons (Fsp3) is 0. The van der Waals surface area contributed by atoms with Crippen LogP contribution in [0.2, 0.25) is 0 Å². The molecule has 20 valence electrons. The molecule has 0 unspecified atom stereocenters. The van der Waals surface area contributed by atoms with Crippen LogP contribution in [-0.4, -0.2) is 273 Å². The Morgan fingerprint density at radius 2 is 0.100 bits per heavy atom. The predicted octanol–water partition coefficient (Wildman–Crippen LogP) is -3.81. The summed E-state index contributed by atoms with van der Waals surface area (Å²) in [6.07, 6.45) is 0. The summed E-state index contributed by atoms with van der Waals surface area (Å²) < 4.78 is 0. The van der Waals surface area contributed by atoms with Crippen molar-refractivity contribution in [1.29, 1.82) is 0 Å². The summed E-state index contributed by atoms with van der Waals surface area (Å²) in [4.78, 5) is 0. The molecule has 20 radical (unpaired) electrons. The first-order chi connectivity index (χ1) is 0. The molecule has 0 aromatic rings. The Balaban J connectivity index is 0. The zero-order valence-electron chi connectivity index (χ0n) is 5.00. The monoisotopic (exact) mass is 2080 g/mol. The maximum absolute atomic E-state index is 0. The largest absolute Gasteiger partial charge is 2.00 e. The molecule has 0 aromatic heterocycles. The van der Waals surface area contributed by atoms with E-state index in [2.05, 4.69) is 0 Å². The summed E-state index contributed by atoms with van der Waals surface area (Å²) in [7, 11) is 0. The van der Waals surface area contributed by atoms with Crippen molar-refractivity contribution >= 4 is 273 Å². The summed E-state index contributed by atoms with van der Waals surface area (Å²) in [6, 6.07) is 0. The van der Waals surface area contributed by atoms with E-state index in [9.17, 15) is 0 Å². The molecule has 0 aliphatic carbocycles. The van der Waals surface area contributed by atoms with Crippen LogP contribution in [0.4, 0.5) is 0 Å². The zero-order valence-corrected chi connectivity index (χ0v) is 43.9. The van der Waals surface area contributed by atoms with Gasteiger partial charge in [0.2, 0.25) is 0 Å². The van der Waals surface area contributed by atoms with Crippen LogP contribution in [-0.2, 0) is 0 Å². The van der Waals surface area contributed by atoms with Crippen LogP contribution < -0.4 is 0 Å². The quantitative estimate of drug-likeness (QED) is 0.219. The van der Waals surface area contributed by atoms with Gasteiger partial charge in [-0.15, -0.1) is 0 Å². The molecular formula is Pb10+20. The molecule has 0 aromatic carbocycles. The topological polar surface area (TPSA) is 0 Å². The number of hydrogen-bond donors (Lipinski definition) is 0. The van der Waals surface area contributed by atoms with Crippen molar-refractivity contribution in [2.24, 2.45) is 0 Å². The van der Waals surface area contributed by atoms with Crippen LogP contribution in [0.15, 0.2) is 0 Å². The minimum absolute atomic E-state index is 0. The van der Waals surface area contributed by atoms with Gasteiger partial charge in [0.25, 0.3) is 0 Å². The second-order valence-electron chi connectivity index (χ2n) is 0. The van der Waals surface area contributed by atoms with E-state index in [1.807, 2.05) is 0 Å². The standard InChI is InChI=1S/10Pb/q10*+2. The molecular weight excluding hydrogens is 2070 g/mol. The van der Waals surface area contributed by atoms with Crippen molar-refractivity contribution in [3.05, 3.63) is 0 Å². The third kappa shape index (κ3) is 53.3. The van der Waals surface area contributed by atoms with Gasteiger partial charge >= 0.3 is 273 Å². The summed E-state index contributed by atoms with van der Waals surface area (Å²) in [5, 5.41) is 0. The van der Waals surface area contributed by atoms with E-state index in [0.29, 0.717) is 0 Å². The number of rotatable bonds is 0. The van der Waals surface area contributed by atoms with E-state index >= 15 is 0 Å². The van der Waals surface area contributed by atoms with Gasteiger partial charge in [0, 0.05) is 0 Å². The molecule has 0 rings (SSSR count). The van der Waals surface area contributed by atoms with Crippen LogP contribution in [0.1, 0.15) is 0 Å². The molecule has 0 bridgehead atoms. The van der Waals surface area contributed by atoms with E-state index in [1.165, 1.54) is 0 Å². The van der Waals surface area contributed by atoms with Gasteiger partial charge in [-0.05, 0) is 0 Å². The van der Waals surface area contributed by atoms with Crippen LogP contribution in [0.5, 0.6) is 0 Å². The summed E-state index contributed by atoms with van der Waals surface area (Å²) in [5.41, 5.74) is 0. The fourth-order valence-corrected chi connectivity index (χ4v) is 0. The summed E-state index contributed by atoms with van der Waals surface area (Å²) >= 11 is 0. The molecule has 0 aliphatic heterocycles. The minimum Gasteiger partial charge on any atom is 2.00 e. The predicted molar refractivity (Wildman–Crippen MR) is 57.5 cm³/mol. The van der Waals surface area contributed by atoms with Crippen molar-refractivity contribution in [3.63, 3.8) is 0 Å². The second kappa shape index (κ2) is 63.6. The van der Waals surface area contributed by atoms with Crippen LogP contribution >= 0.6 is 0 Å². The van der Waals surface area contributed by atoms with Crippen molar-refractivity contribution in [3.8, 4) is 0 Å². The molecule has 0 aliphatic rings. The average Bonchev–Trinajstić information content (AvgIpc) is 0. The smallest absolute Gasteiger partial charge is 2.00 e. The summed E-state index contributed by atoms with van der Waals surface area (Å²) in [5.74, 6) is 0. The molecule has 0 saturated carbocycles. The molecule has 0 spiro atoms. The van der Waals surface area contributed by atoms with Crippen molar-refractivity contribution < 1.29 is 0 Å². The Kier molecular flexibility index (Phi) is 477. The number of hydrogen-bond acceptors (Lipinski definition) is 0. The molecule has 10 heavy (non-hydrogen) atoms. The van der Waals surface area contributed by atoms with Gasteiger partial charge in [0.1, 0.15) is 0 Å². The molecule has 0 nitrogen and oxygen atoms in total. The molecule has 0 amide bonds. The first-order valence-corrected chi connectivity index (χ1v) is 0. The second-order valence-corrected chi connectivity index (χ2v) is 0. The van der Waals surface area contributed by atoms with E-state index in [4.69, 9.17) is 0 Å². The fourth-order valence-electron chi connectivity index (χ4n) is 0. The van der Waals surface area contributed by atoms with Gasteiger partial charge in [-0.1, -0.05) is 0 Å². The SMILES string of the molecule is [Pb+2].[Pb+2].[Pb+2].[Pb+2].[Pb+2].[Pb+2].[Pb+2].[Pb+2].[Pb+2].[Pb+2]. The summed E-state index contributed by atoms with van der Waals surface area (Å²) in [6.45, 7) is 0. The zero-order chi connectivity index (χ0) is 0. The van der Waals surface area contributed by atoms with E-state index in [0.717, 1.165) is 0 Å². The normalized spacial score (nSPS) is 0. The first-order valence-electron chi connectivity index (χ1n) is 0. The molecule has 0 heterocycles. The molecule has 0 atom stereocenters. The maximum Gasteiger partial charge on any atom is 2.00 e. The van der Waals surface area contributed by atoms with Gasteiger partial charge in [-0.3, -0.25) is 0 Å². The van der Waals surface area contributed by atoms with Gasteiger partial charge in [-0.2, -0.15) is 0 Å². The van der Waals surface area contributed by atoms with Crippen molar-refractivity contribution in [2.45, 2.75) is 0 Å². The van der Waals surface area contributed by atoms with Crippen LogP contribution in [0.25, 0.3) is 0 Å². The van der Waals surface area contributed by atoms with Gasteiger partial charge in [-0.25, -0.2) is 0 Å². The van der Waals surface area contributed by atoms with Crippen LogP contribution in [0, 0.1) is 0 Å². The molecule has 0 fully saturated rings. The third-order valence-corrected chi connectivity index (χ3v) is 0. The van der Waals surface area contributed by atoms with Crippen molar-refractivity contribution in [2.75, 3.05) is 0 Å². The van der Waals surface area contributed by atoms with Crippen LogP contribution in [0.3, 0.4) is 0 Å². The van der Waals surface area contributed by atoms with E-state index < -0.39 is 0 Å². The third-order valence-electron chi connectivity index (χ3n) is 0. The Morgan fingerprint density at radius 3 is 0.100 bits per heavy atom. The van der Waals surface area contributed by atoms with Gasteiger partial charge < -0.3 is 0 Å². The maximum atomic E-state index is 0. The Labute approximate surface area is 264 Å². The molecule has 0 saturated heterocycles. The van der Waals surface area contributed by atoms with Gasteiger partial charge in [0.05, 0.1) is 0 Å². The van der Waals surface area contributed by atoms with Crippen molar-refractivity contribution in [1.82, 2.24) is 0 Å². The van der Waals surface area contributed by atoms with E-state index in [-0.39, 0.29) is 273 Å².